The van der Waals surface area contributed by atoms with Crippen LogP contribution in [0.2, 0.25) is 0 Å². The SMILES string of the molecule is CCC1(CNC(=O)NC2CCn3ccnc32)CCCC1. The van der Waals surface area contributed by atoms with Gasteiger partial charge in [0.1, 0.15) is 5.82 Å². The second-order valence-corrected chi connectivity index (χ2v) is 6.21. The molecule has 5 nitrogen and oxygen atoms in total. The smallest absolute Gasteiger partial charge is 0.315 e. The molecule has 1 aliphatic heterocycles. The van der Waals surface area contributed by atoms with E-state index >= 15 is 0 Å². The number of hydrogen-bond acceptors (Lipinski definition) is 2. The molecule has 2 N–H and O–H groups in total. The third-order valence-electron chi connectivity index (χ3n) is 5.06. The summed E-state index contributed by atoms with van der Waals surface area (Å²) in [7, 11) is 0. The predicted molar refractivity (Wildman–Crippen MR) is 77.3 cm³/mol. The fraction of sp³-hybridized carbons (Fsp3) is 0.733. The van der Waals surface area contributed by atoms with E-state index in [-0.39, 0.29) is 12.1 Å². The number of amides is 2. The third kappa shape index (κ3) is 2.53. The Hall–Kier alpha value is -1.52. The highest BCUT2D eigenvalue weighted by Gasteiger charge is 2.32. The summed E-state index contributed by atoms with van der Waals surface area (Å²) in [6.45, 7) is 3.98. The second-order valence-electron chi connectivity index (χ2n) is 6.21. The molecule has 2 amide bonds. The van der Waals surface area contributed by atoms with E-state index in [1.807, 2.05) is 6.20 Å². The maximum atomic E-state index is 12.1. The number of rotatable bonds is 4. The number of carbonyl (C=O) groups is 1. The number of carbonyl (C=O) groups excluding carboxylic acids is 1. The van der Waals surface area contributed by atoms with E-state index in [1.54, 1.807) is 6.20 Å². The minimum absolute atomic E-state index is 0.0498. The van der Waals surface area contributed by atoms with E-state index in [4.69, 9.17) is 0 Å². The van der Waals surface area contributed by atoms with Crippen LogP contribution in [0.1, 0.15) is 57.3 Å². The molecular formula is C15H24N4O. The number of aromatic nitrogens is 2. The second kappa shape index (κ2) is 5.46. The van der Waals surface area contributed by atoms with Crippen LogP contribution in [-0.4, -0.2) is 22.1 Å². The first-order chi connectivity index (χ1) is 9.72. The summed E-state index contributed by atoms with van der Waals surface area (Å²) in [6.07, 6.45) is 11.0. The first-order valence-electron chi connectivity index (χ1n) is 7.78. The largest absolute Gasteiger partial charge is 0.338 e. The van der Waals surface area contributed by atoms with Crippen LogP contribution in [0, 0.1) is 5.41 Å². The topological polar surface area (TPSA) is 59.0 Å². The van der Waals surface area contributed by atoms with Gasteiger partial charge in [-0.3, -0.25) is 0 Å². The summed E-state index contributed by atoms with van der Waals surface area (Å²) in [6, 6.07) is 0.0114. The molecule has 5 heteroatoms. The molecule has 1 aromatic rings. The summed E-state index contributed by atoms with van der Waals surface area (Å²) >= 11 is 0. The van der Waals surface area contributed by atoms with Crippen LogP contribution in [0.4, 0.5) is 4.79 Å². The Morgan fingerprint density at radius 3 is 3.05 bits per heavy atom. The average Bonchev–Trinajstić information content (AvgIpc) is 3.15. The maximum Gasteiger partial charge on any atom is 0.315 e. The van der Waals surface area contributed by atoms with E-state index < -0.39 is 0 Å². The van der Waals surface area contributed by atoms with Crippen molar-refractivity contribution in [3.05, 3.63) is 18.2 Å². The maximum absolute atomic E-state index is 12.1. The summed E-state index contributed by atoms with van der Waals surface area (Å²) in [5.41, 5.74) is 0.339. The van der Waals surface area contributed by atoms with Crippen molar-refractivity contribution in [2.75, 3.05) is 6.54 Å². The summed E-state index contributed by atoms with van der Waals surface area (Å²) in [5, 5.41) is 6.13. The van der Waals surface area contributed by atoms with Gasteiger partial charge in [0, 0.05) is 25.5 Å². The molecule has 0 bridgehead atoms. The Bertz CT molecular complexity index is 476. The predicted octanol–water partition coefficient (Wildman–Crippen LogP) is 2.60. The van der Waals surface area contributed by atoms with Crippen molar-refractivity contribution in [3.63, 3.8) is 0 Å². The van der Waals surface area contributed by atoms with Crippen LogP contribution in [0.5, 0.6) is 0 Å². The monoisotopic (exact) mass is 276 g/mol. The van der Waals surface area contributed by atoms with Gasteiger partial charge >= 0.3 is 6.03 Å². The zero-order valence-electron chi connectivity index (χ0n) is 12.2. The van der Waals surface area contributed by atoms with Crippen molar-refractivity contribution < 1.29 is 4.79 Å². The van der Waals surface area contributed by atoms with Crippen molar-refractivity contribution >= 4 is 6.03 Å². The summed E-state index contributed by atoms with van der Waals surface area (Å²) < 4.78 is 2.11. The molecule has 20 heavy (non-hydrogen) atoms. The lowest BCUT2D eigenvalue weighted by Crippen LogP contribution is -2.42. The lowest BCUT2D eigenvalue weighted by Gasteiger charge is -2.28. The van der Waals surface area contributed by atoms with Crippen molar-refractivity contribution in [1.82, 2.24) is 20.2 Å². The van der Waals surface area contributed by atoms with E-state index in [2.05, 4.69) is 27.1 Å². The highest BCUT2D eigenvalue weighted by molar-refractivity contribution is 5.74. The molecule has 1 fully saturated rings. The van der Waals surface area contributed by atoms with Crippen LogP contribution in [0.15, 0.2) is 12.4 Å². The Kier molecular flexibility index (Phi) is 3.68. The van der Waals surface area contributed by atoms with Crippen LogP contribution < -0.4 is 10.6 Å². The van der Waals surface area contributed by atoms with Gasteiger partial charge in [-0.15, -0.1) is 0 Å². The van der Waals surface area contributed by atoms with Crippen LogP contribution >= 0.6 is 0 Å². The molecule has 1 atom stereocenters. The number of urea groups is 1. The van der Waals surface area contributed by atoms with Crippen LogP contribution in [0.25, 0.3) is 0 Å². The van der Waals surface area contributed by atoms with E-state index in [1.165, 1.54) is 25.7 Å². The fourth-order valence-electron chi connectivity index (χ4n) is 3.61. The zero-order valence-corrected chi connectivity index (χ0v) is 12.2. The van der Waals surface area contributed by atoms with Gasteiger partial charge in [0.15, 0.2) is 0 Å². The average molecular weight is 276 g/mol. The Balaban J connectivity index is 1.51. The zero-order chi connectivity index (χ0) is 14.0. The van der Waals surface area contributed by atoms with Gasteiger partial charge in [0.05, 0.1) is 6.04 Å². The third-order valence-corrected chi connectivity index (χ3v) is 5.06. The molecule has 1 aliphatic carbocycles. The highest BCUT2D eigenvalue weighted by Crippen LogP contribution is 2.40. The Morgan fingerprint density at radius 1 is 1.50 bits per heavy atom. The van der Waals surface area contributed by atoms with Gasteiger partial charge in [-0.2, -0.15) is 0 Å². The molecular weight excluding hydrogens is 252 g/mol. The number of imidazole rings is 1. The van der Waals surface area contributed by atoms with Crippen molar-refractivity contribution in [1.29, 1.82) is 0 Å². The van der Waals surface area contributed by atoms with Crippen LogP contribution in [-0.2, 0) is 6.54 Å². The Labute approximate surface area is 120 Å². The molecule has 2 heterocycles. The molecule has 0 saturated heterocycles. The number of nitrogens with zero attached hydrogens (tertiary/aromatic N) is 2. The minimum atomic E-state index is -0.0498. The number of nitrogens with one attached hydrogen (secondary N) is 2. The van der Waals surface area contributed by atoms with Gasteiger partial charge in [0.2, 0.25) is 0 Å². The lowest BCUT2D eigenvalue weighted by atomic mass is 9.83. The Morgan fingerprint density at radius 2 is 2.30 bits per heavy atom. The molecule has 1 unspecified atom stereocenters. The van der Waals surface area contributed by atoms with Gasteiger partial charge < -0.3 is 15.2 Å². The van der Waals surface area contributed by atoms with Gasteiger partial charge in [0.25, 0.3) is 0 Å². The molecule has 110 valence electrons. The normalized spacial score (nSPS) is 23.6. The van der Waals surface area contributed by atoms with Gasteiger partial charge in [-0.1, -0.05) is 19.8 Å². The first kappa shape index (κ1) is 13.5. The van der Waals surface area contributed by atoms with Crippen molar-refractivity contribution in [2.24, 2.45) is 5.41 Å². The standard InChI is InChI=1S/C15H24N4O/c1-2-15(6-3-4-7-15)11-17-14(20)18-12-5-9-19-10-8-16-13(12)19/h8,10,12H,2-7,9,11H2,1H3,(H2,17,18,20). The van der Waals surface area contributed by atoms with Gasteiger partial charge in [-0.25, -0.2) is 9.78 Å². The van der Waals surface area contributed by atoms with Crippen molar-refractivity contribution in [2.45, 2.75) is 58.0 Å². The minimum Gasteiger partial charge on any atom is -0.338 e. The molecule has 0 aromatic carbocycles. The molecule has 3 rings (SSSR count). The number of fused-ring (bicyclic) bond motifs is 1. The molecule has 1 aromatic heterocycles. The molecule has 1 saturated carbocycles. The lowest BCUT2D eigenvalue weighted by molar-refractivity contribution is 0.221. The quantitative estimate of drug-likeness (QED) is 0.888. The van der Waals surface area contributed by atoms with Crippen molar-refractivity contribution in [3.8, 4) is 0 Å². The highest BCUT2D eigenvalue weighted by atomic mass is 16.2. The molecule has 0 spiro atoms. The molecule has 2 aliphatic rings. The molecule has 0 radical (unpaired) electrons. The van der Waals surface area contributed by atoms with E-state index in [0.717, 1.165) is 31.8 Å². The van der Waals surface area contributed by atoms with E-state index in [9.17, 15) is 4.79 Å². The summed E-state index contributed by atoms with van der Waals surface area (Å²) in [4.78, 5) is 16.4. The summed E-state index contributed by atoms with van der Waals surface area (Å²) in [5.74, 6) is 0.978. The van der Waals surface area contributed by atoms with Crippen LogP contribution in [0.3, 0.4) is 0 Å². The van der Waals surface area contributed by atoms with E-state index in [0.29, 0.717) is 5.41 Å². The number of aryl methyl sites for hydroxylation is 1. The first-order valence-corrected chi connectivity index (χ1v) is 7.78. The fourth-order valence-corrected chi connectivity index (χ4v) is 3.61. The number of hydrogen-bond donors (Lipinski definition) is 2. The van der Waals surface area contributed by atoms with Gasteiger partial charge in [-0.05, 0) is 31.1 Å².